The van der Waals surface area contributed by atoms with Crippen LogP contribution in [0.5, 0.6) is 0 Å². The zero-order valence-corrected chi connectivity index (χ0v) is 12.6. The fourth-order valence-corrected chi connectivity index (χ4v) is 3.19. The van der Waals surface area contributed by atoms with E-state index in [-0.39, 0.29) is 0 Å². The van der Waals surface area contributed by atoms with Crippen molar-refractivity contribution in [3.05, 3.63) is 5.92 Å². The molecule has 0 unspecified atom stereocenters. The van der Waals surface area contributed by atoms with Crippen LogP contribution in [0.25, 0.3) is 0 Å². The summed E-state index contributed by atoms with van der Waals surface area (Å²) in [5.41, 5.74) is 0.485. The molecule has 0 aromatic rings. The zero-order chi connectivity index (χ0) is 12.9. The van der Waals surface area contributed by atoms with Gasteiger partial charge in [0.1, 0.15) is 0 Å². The first kappa shape index (κ1) is 15.0. The van der Waals surface area contributed by atoms with Crippen LogP contribution in [-0.2, 0) is 0 Å². The van der Waals surface area contributed by atoms with E-state index in [1.54, 1.807) is 0 Å². The molecule has 2 saturated heterocycles. The smallest absolute Gasteiger partial charge is 0.00204 e. The van der Waals surface area contributed by atoms with Crippen molar-refractivity contribution in [2.24, 2.45) is 17.3 Å². The molecule has 1 saturated carbocycles. The summed E-state index contributed by atoms with van der Waals surface area (Å²) in [6.45, 7) is 13.8. The van der Waals surface area contributed by atoms with E-state index in [9.17, 15) is 0 Å². The lowest BCUT2D eigenvalue weighted by atomic mass is 9.84. The summed E-state index contributed by atoms with van der Waals surface area (Å²) in [7, 11) is 0. The Bertz CT molecular complexity index is 177. The lowest BCUT2D eigenvalue weighted by Crippen LogP contribution is -2.19. The molecule has 1 N–H and O–H groups in total. The summed E-state index contributed by atoms with van der Waals surface area (Å²) >= 11 is 0. The quantitative estimate of drug-likeness (QED) is 0.712. The summed E-state index contributed by atoms with van der Waals surface area (Å²) in [5, 5.41) is 3.51. The van der Waals surface area contributed by atoms with Crippen LogP contribution in [0.3, 0.4) is 0 Å². The van der Waals surface area contributed by atoms with E-state index in [1.807, 2.05) is 0 Å². The van der Waals surface area contributed by atoms with Crippen LogP contribution in [0.1, 0.15) is 66.7 Å². The van der Waals surface area contributed by atoms with Crippen molar-refractivity contribution in [1.29, 1.82) is 0 Å². The number of fused-ring (bicyclic) bond motifs is 4. The fraction of sp³-hybridized carbons (Fsp3) is 0.938. The maximum absolute atomic E-state index is 3.51. The summed E-state index contributed by atoms with van der Waals surface area (Å²) in [4.78, 5) is 0. The van der Waals surface area contributed by atoms with Gasteiger partial charge in [0.2, 0.25) is 0 Å². The summed E-state index contributed by atoms with van der Waals surface area (Å²) in [6.07, 6.45) is 7.23. The van der Waals surface area contributed by atoms with Gasteiger partial charge < -0.3 is 5.32 Å². The molecule has 101 valence electrons. The topological polar surface area (TPSA) is 12.0 Å². The second-order valence-electron chi connectivity index (χ2n) is 7.49. The largest absolute Gasteiger partial charge is 0.316 e. The number of rotatable bonds is 1. The van der Waals surface area contributed by atoms with Crippen molar-refractivity contribution in [3.63, 3.8) is 0 Å². The van der Waals surface area contributed by atoms with Gasteiger partial charge in [-0.3, -0.25) is 0 Å². The second kappa shape index (κ2) is 6.78. The van der Waals surface area contributed by atoms with Gasteiger partial charge in [-0.15, -0.1) is 0 Å². The molecule has 1 aliphatic carbocycles. The SMILES string of the molecule is C1CC2CCC1CNC2.C[C](C)CC(C)(C)C. The van der Waals surface area contributed by atoms with Crippen molar-refractivity contribution in [3.8, 4) is 0 Å². The van der Waals surface area contributed by atoms with Gasteiger partial charge in [0, 0.05) is 0 Å². The van der Waals surface area contributed by atoms with Gasteiger partial charge in [-0.2, -0.15) is 0 Å². The Balaban J connectivity index is 0.000000172. The van der Waals surface area contributed by atoms with Crippen LogP contribution in [0.4, 0.5) is 0 Å². The first-order valence-corrected chi connectivity index (χ1v) is 7.36. The van der Waals surface area contributed by atoms with E-state index in [0.717, 1.165) is 11.8 Å². The van der Waals surface area contributed by atoms with Crippen molar-refractivity contribution in [2.75, 3.05) is 13.1 Å². The third-order valence-corrected chi connectivity index (χ3v) is 3.72. The molecule has 2 heterocycles. The Labute approximate surface area is 109 Å². The van der Waals surface area contributed by atoms with Gasteiger partial charge in [-0.1, -0.05) is 34.6 Å². The number of hydrogen-bond donors (Lipinski definition) is 1. The second-order valence-corrected chi connectivity index (χ2v) is 7.49. The van der Waals surface area contributed by atoms with Gasteiger partial charge in [0.15, 0.2) is 0 Å². The predicted molar refractivity (Wildman–Crippen MR) is 77.0 cm³/mol. The molecule has 1 radical (unpaired) electrons. The maximum Gasteiger partial charge on any atom is -0.00204 e. The van der Waals surface area contributed by atoms with Crippen LogP contribution in [-0.4, -0.2) is 13.1 Å². The van der Waals surface area contributed by atoms with Crippen LogP contribution < -0.4 is 5.32 Å². The van der Waals surface area contributed by atoms with Crippen LogP contribution in [0, 0.1) is 23.2 Å². The molecular weight excluding hydrogens is 206 g/mol. The number of nitrogens with one attached hydrogen (secondary N) is 1. The van der Waals surface area contributed by atoms with Gasteiger partial charge in [-0.25, -0.2) is 0 Å². The highest BCUT2D eigenvalue weighted by Gasteiger charge is 2.23. The first-order valence-electron chi connectivity index (χ1n) is 7.36. The molecule has 3 rings (SSSR count). The monoisotopic (exact) mass is 238 g/mol. The highest BCUT2D eigenvalue weighted by atomic mass is 14.9. The zero-order valence-electron chi connectivity index (χ0n) is 12.6. The third-order valence-electron chi connectivity index (χ3n) is 3.72. The molecule has 2 aliphatic heterocycles. The molecule has 0 aromatic heterocycles. The minimum absolute atomic E-state index is 0.485. The molecular formula is C16H32N. The van der Waals surface area contributed by atoms with E-state index in [1.165, 1.54) is 51.1 Å². The van der Waals surface area contributed by atoms with Gasteiger partial charge in [0.25, 0.3) is 0 Å². The van der Waals surface area contributed by atoms with Crippen LogP contribution >= 0.6 is 0 Å². The molecule has 0 aromatic carbocycles. The highest BCUT2D eigenvalue weighted by Crippen LogP contribution is 2.30. The average molecular weight is 238 g/mol. The van der Waals surface area contributed by atoms with Crippen molar-refractivity contribution in [2.45, 2.75) is 66.7 Å². The first-order chi connectivity index (χ1) is 7.87. The highest BCUT2D eigenvalue weighted by molar-refractivity contribution is 4.83. The lowest BCUT2D eigenvalue weighted by molar-refractivity contribution is 0.326. The normalized spacial score (nSPS) is 28.6. The molecule has 17 heavy (non-hydrogen) atoms. The standard InChI is InChI=1S/C8H15N.C8H17/c1-2-8-4-3-7(1)5-9-6-8;1-7(2)6-8(3,4)5/h7-9H,1-6H2;6H2,1-5H3. The molecule has 0 spiro atoms. The van der Waals surface area contributed by atoms with Crippen molar-refractivity contribution >= 4 is 0 Å². The minimum Gasteiger partial charge on any atom is -0.316 e. The Morgan fingerprint density at radius 1 is 0.941 bits per heavy atom. The van der Waals surface area contributed by atoms with Gasteiger partial charge in [-0.05, 0) is 68.4 Å². The Morgan fingerprint density at radius 2 is 1.35 bits per heavy atom. The summed E-state index contributed by atoms with van der Waals surface area (Å²) < 4.78 is 0. The summed E-state index contributed by atoms with van der Waals surface area (Å²) in [5.74, 6) is 3.59. The van der Waals surface area contributed by atoms with Crippen LogP contribution in [0.15, 0.2) is 0 Å². The van der Waals surface area contributed by atoms with E-state index >= 15 is 0 Å². The van der Waals surface area contributed by atoms with Gasteiger partial charge >= 0.3 is 0 Å². The fourth-order valence-electron chi connectivity index (χ4n) is 3.19. The molecule has 3 fully saturated rings. The average Bonchev–Trinajstić information content (AvgIpc) is 2.50. The maximum atomic E-state index is 3.51. The van der Waals surface area contributed by atoms with E-state index < -0.39 is 0 Å². The molecule has 3 aliphatic rings. The molecule has 0 amide bonds. The van der Waals surface area contributed by atoms with E-state index in [4.69, 9.17) is 0 Å². The summed E-state index contributed by atoms with van der Waals surface area (Å²) in [6, 6.07) is 0. The molecule has 0 atom stereocenters. The number of hydrogen-bond acceptors (Lipinski definition) is 1. The Morgan fingerprint density at radius 3 is 1.59 bits per heavy atom. The Kier molecular flexibility index (Phi) is 5.99. The van der Waals surface area contributed by atoms with Crippen LogP contribution in [0.2, 0.25) is 0 Å². The van der Waals surface area contributed by atoms with Crippen molar-refractivity contribution < 1.29 is 0 Å². The Hall–Kier alpha value is -0.0400. The minimum atomic E-state index is 0.485. The van der Waals surface area contributed by atoms with E-state index in [0.29, 0.717) is 5.41 Å². The third kappa shape index (κ3) is 7.08. The van der Waals surface area contributed by atoms with Crippen molar-refractivity contribution in [1.82, 2.24) is 5.32 Å². The molecule has 2 bridgehead atoms. The molecule has 1 heteroatoms. The lowest BCUT2D eigenvalue weighted by Gasteiger charge is -2.21. The predicted octanol–water partition coefficient (Wildman–Crippen LogP) is 4.43. The molecule has 1 nitrogen and oxygen atoms in total. The van der Waals surface area contributed by atoms with E-state index in [2.05, 4.69) is 39.9 Å². The van der Waals surface area contributed by atoms with Gasteiger partial charge in [0.05, 0.1) is 0 Å².